The van der Waals surface area contributed by atoms with Crippen LogP contribution >= 0.6 is 0 Å². The average Bonchev–Trinajstić information content (AvgIpc) is 2.38. The minimum Gasteiger partial charge on any atom is -0.480 e. The van der Waals surface area contributed by atoms with Crippen molar-refractivity contribution in [3.63, 3.8) is 0 Å². The maximum absolute atomic E-state index is 11.5. The Morgan fingerprint density at radius 2 is 1.78 bits per heavy atom. The van der Waals surface area contributed by atoms with Crippen LogP contribution in [0.3, 0.4) is 0 Å². The van der Waals surface area contributed by atoms with Gasteiger partial charge in [-0.1, -0.05) is 0 Å². The van der Waals surface area contributed by atoms with E-state index in [4.69, 9.17) is 14.4 Å². The van der Waals surface area contributed by atoms with Gasteiger partial charge < -0.3 is 20.5 Å². The van der Waals surface area contributed by atoms with Crippen LogP contribution in [0.1, 0.15) is 6.92 Å². The second-order valence-corrected chi connectivity index (χ2v) is 5.88. The van der Waals surface area contributed by atoms with Gasteiger partial charge in [-0.3, -0.25) is 9.35 Å². The Morgan fingerprint density at radius 1 is 1.22 bits per heavy atom. The van der Waals surface area contributed by atoms with Gasteiger partial charge in [0.05, 0.1) is 0 Å². The third-order valence-corrected chi connectivity index (χ3v) is 3.11. The van der Waals surface area contributed by atoms with E-state index in [9.17, 15) is 22.8 Å². The van der Waals surface area contributed by atoms with E-state index in [1.54, 1.807) is 5.32 Å². The molecule has 0 aromatic heterocycles. The van der Waals surface area contributed by atoms with E-state index >= 15 is 0 Å². The lowest BCUT2D eigenvalue weighted by molar-refractivity contribution is -0.138. The molecule has 0 saturated carbocycles. The summed E-state index contributed by atoms with van der Waals surface area (Å²) in [4.78, 5) is 33.2. The second-order valence-electron chi connectivity index (χ2n) is 4.38. The highest BCUT2D eigenvalue weighted by Crippen LogP contribution is 2.15. The molecule has 1 aromatic rings. The number of carbonyl (C=O) groups excluding carboxylic acids is 2. The molecule has 1 atom stereocenters. The predicted molar refractivity (Wildman–Crippen MR) is 77.7 cm³/mol. The van der Waals surface area contributed by atoms with E-state index in [0.29, 0.717) is 5.69 Å². The molecule has 10 nitrogen and oxygen atoms in total. The molecule has 23 heavy (non-hydrogen) atoms. The molecule has 11 heteroatoms. The van der Waals surface area contributed by atoms with Crippen LogP contribution in [0.5, 0.6) is 5.75 Å². The summed E-state index contributed by atoms with van der Waals surface area (Å²) in [5.74, 6) is -3.10. The Kier molecular flexibility index (Phi) is 6.04. The van der Waals surface area contributed by atoms with Gasteiger partial charge in [-0.15, -0.1) is 0 Å². The average molecular weight is 346 g/mol. The van der Waals surface area contributed by atoms with Crippen LogP contribution in [0.15, 0.2) is 24.3 Å². The van der Waals surface area contributed by atoms with Crippen molar-refractivity contribution in [2.24, 2.45) is 0 Å². The molecule has 0 aliphatic carbocycles. The molecule has 0 radical (unpaired) electrons. The molecular weight excluding hydrogens is 332 g/mol. The van der Waals surface area contributed by atoms with E-state index in [1.807, 2.05) is 0 Å². The van der Waals surface area contributed by atoms with Gasteiger partial charge in [-0.05, 0) is 24.3 Å². The summed E-state index contributed by atoms with van der Waals surface area (Å²) in [6.07, 6.45) is -1.21. The Morgan fingerprint density at radius 3 is 2.22 bits per heavy atom. The minimum atomic E-state index is -4.60. The monoisotopic (exact) mass is 346 g/mol. The molecule has 0 fully saturated rings. The number of hydrogen-bond acceptors (Lipinski definition) is 6. The van der Waals surface area contributed by atoms with Crippen molar-refractivity contribution in [1.29, 1.82) is 0 Å². The van der Waals surface area contributed by atoms with Crippen molar-refractivity contribution >= 4 is 33.8 Å². The summed E-state index contributed by atoms with van der Waals surface area (Å²) in [7, 11) is -4.60. The number of hydrogen-bond donors (Lipinski definition) is 4. The Labute approximate surface area is 131 Å². The van der Waals surface area contributed by atoms with Crippen molar-refractivity contribution in [2.75, 3.05) is 11.1 Å². The van der Waals surface area contributed by atoms with E-state index in [1.165, 1.54) is 31.2 Å². The second kappa shape index (κ2) is 7.56. The Hall–Kier alpha value is -2.66. The highest BCUT2D eigenvalue weighted by Gasteiger charge is 2.26. The minimum absolute atomic E-state index is 0.0348. The SMILES string of the molecule is CC(=O)Nc1ccc(OC(=O)NC(CS(=O)(=O)O)C(=O)O)cc1. The third kappa shape index (κ3) is 7.24. The van der Waals surface area contributed by atoms with Crippen LogP contribution in [-0.2, 0) is 19.7 Å². The van der Waals surface area contributed by atoms with Gasteiger partial charge in [0, 0.05) is 12.6 Å². The first-order chi connectivity index (χ1) is 10.6. The number of carbonyl (C=O) groups is 3. The largest absolute Gasteiger partial charge is 0.480 e. The summed E-state index contributed by atoms with van der Waals surface area (Å²) in [5.41, 5.74) is 0.458. The summed E-state index contributed by atoms with van der Waals surface area (Å²) < 4.78 is 34.7. The highest BCUT2D eigenvalue weighted by molar-refractivity contribution is 7.85. The molecule has 126 valence electrons. The van der Waals surface area contributed by atoms with Gasteiger partial charge in [-0.2, -0.15) is 8.42 Å². The molecule has 0 aliphatic rings. The fourth-order valence-corrected chi connectivity index (χ4v) is 2.12. The molecule has 0 spiro atoms. The summed E-state index contributed by atoms with van der Waals surface area (Å²) in [5, 5.41) is 13.1. The number of aliphatic carboxylic acids is 1. The number of carboxylic acid groups (broad SMARTS) is 1. The van der Waals surface area contributed by atoms with Crippen LogP contribution < -0.4 is 15.4 Å². The van der Waals surface area contributed by atoms with Crippen LogP contribution in [0.25, 0.3) is 0 Å². The molecule has 2 amide bonds. The normalized spacial score (nSPS) is 12.1. The van der Waals surface area contributed by atoms with Crippen LogP contribution in [-0.4, -0.2) is 47.8 Å². The molecule has 1 unspecified atom stereocenters. The van der Waals surface area contributed by atoms with E-state index < -0.39 is 34.0 Å². The zero-order valence-corrected chi connectivity index (χ0v) is 12.7. The van der Waals surface area contributed by atoms with Gasteiger partial charge in [0.15, 0.2) is 0 Å². The van der Waals surface area contributed by atoms with Crippen molar-refractivity contribution in [3.05, 3.63) is 24.3 Å². The first-order valence-electron chi connectivity index (χ1n) is 6.11. The van der Waals surface area contributed by atoms with Crippen LogP contribution in [0.4, 0.5) is 10.5 Å². The van der Waals surface area contributed by atoms with Gasteiger partial charge >= 0.3 is 12.1 Å². The third-order valence-electron chi connectivity index (χ3n) is 2.35. The number of anilines is 1. The number of carboxylic acids is 1. The van der Waals surface area contributed by atoms with Crippen LogP contribution in [0, 0.1) is 0 Å². The highest BCUT2D eigenvalue weighted by atomic mass is 32.2. The van der Waals surface area contributed by atoms with Gasteiger partial charge in [-0.25, -0.2) is 9.59 Å². The van der Waals surface area contributed by atoms with Crippen molar-refractivity contribution in [3.8, 4) is 5.75 Å². The zero-order valence-electron chi connectivity index (χ0n) is 11.8. The van der Waals surface area contributed by atoms with Gasteiger partial charge in [0.1, 0.15) is 17.5 Å². The number of amides is 2. The van der Waals surface area contributed by atoms with Crippen molar-refractivity contribution < 1.29 is 37.2 Å². The first-order valence-corrected chi connectivity index (χ1v) is 7.71. The molecule has 0 heterocycles. The van der Waals surface area contributed by atoms with Crippen LogP contribution in [0.2, 0.25) is 0 Å². The van der Waals surface area contributed by atoms with E-state index in [0.717, 1.165) is 0 Å². The number of rotatable bonds is 6. The van der Waals surface area contributed by atoms with Crippen molar-refractivity contribution in [1.82, 2.24) is 5.32 Å². The quantitative estimate of drug-likeness (QED) is 0.527. The van der Waals surface area contributed by atoms with Gasteiger partial charge in [0.25, 0.3) is 10.1 Å². The molecule has 1 aromatic carbocycles. The smallest absolute Gasteiger partial charge is 0.413 e. The lowest BCUT2D eigenvalue weighted by Gasteiger charge is -2.13. The summed E-state index contributed by atoms with van der Waals surface area (Å²) in [6.45, 7) is 1.32. The van der Waals surface area contributed by atoms with E-state index in [-0.39, 0.29) is 11.7 Å². The number of ether oxygens (including phenoxy) is 1. The molecule has 0 bridgehead atoms. The number of benzene rings is 1. The predicted octanol–water partition coefficient (Wildman–Crippen LogP) is 0.0744. The topological polar surface area (TPSA) is 159 Å². The standard InChI is InChI=1S/C12H14N2O8S/c1-7(15)13-8-2-4-9(5-3-8)22-12(18)14-10(11(16)17)6-23(19,20)21/h2-5,10H,6H2,1H3,(H,13,15)(H,14,18)(H,16,17)(H,19,20,21). The molecule has 1 rings (SSSR count). The molecule has 0 saturated heterocycles. The zero-order chi connectivity index (χ0) is 17.6. The van der Waals surface area contributed by atoms with Crippen molar-refractivity contribution in [2.45, 2.75) is 13.0 Å². The fourth-order valence-electron chi connectivity index (χ4n) is 1.47. The lowest BCUT2D eigenvalue weighted by Crippen LogP contribution is -2.46. The first kappa shape index (κ1) is 18.4. The Balaban J connectivity index is 2.67. The molecular formula is C12H14N2O8S. The fraction of sp³-hybridized carbons (Fsp3) is 0.250. The summed E-state index contributed by atoms with van der Waals surface area (Å²) in [6, 6.07) is 3.69. The maximum Gasteiger partial charge on any atom is 0.413 e. The molecule has 0 aliphatic heterocycles. The maximum atomic E-state index is 11.5. The van der Waals surface area contributed by atoms with Gasteiger partial charge in [0.2, 0.25) is 5.91 Å². The number of nitrogens with one attached hydrogen (secondary N) is 2. The summed E-state index contributed by atoms with van der Waals surface area (Å²) >= 11 is 0. The lowest BCUT2D eigenvalue weighted by atomic mass is 10.3. The Bertz CT molecular complexity index is 698. The van der Waals surface area contributed by atoms with E-state index in [2.05, 4.69) is 5.32 Å². The molecule has 4 N–H and O–H groups in total.